The van der Waals surface area contributed by atoms with Crippen LogP contribution in [0.15, 0.2) is 18.2 Å². The molecule has 3 rings (SSSR count). The highest BCUT2D eigenvalue weighted by atomic mass is 16.5. The van der Waals surface area contributed by atoms with Gasteiger partial charge in [-0.25, -0.2) is 0 Å². The van der Waals surface area contributed by atoms with Crippen molar-refractivity contribution in [1.29, 1.82) is 0 Å². The van der Waals surface area contributed by atoms with Gasteiger partial charge in [0.15, 0.2) is 6.61 Å². The standard InChI is InChI=1S/C18H23N3O4/c1-18(2,3)17(24)21-8-6-20(7-9-21)16(23)12-4-5-14-13(10-12)19-15(22)11-25-14/h4-5,10H,6-9,11H2,1-3H3,(H,19,22). The van der Waals surface area contributed by atoms with Crippen LogP contribution in [-0.4, -0.2) is 60.3 Å². The van der Waals surface area contributed by atoms with Gasteiger partial charge >= 0.3 is 0 Å². The van der Waals surface area contributed by atoms with Crippen LogP contribution in [0.1, 0.15) is 31.1 Å². The molecule has 0 spiro atoms. The predicted molar refractivity (Wildman–Crippen MR) is 92.5 cm³/mol. The number of nitrogens with one attached hydrogen (secondary N) is 1. The second-order valence-electron chi connectivity index (χ2n) is 7.38. The maximum Gasteiger partial charge on any atom is 0.262 e. The zero-order valence-electron chi connectivity index (χ0n) is 14.8. The highest BCUT2D eigenvalue weighted by Crippen LogP contribution is 2.29. The SMILES string of the molecule is CC(C)(C)C(=O)N1CCN(C(=O)c2ccc3c(c2)NC(=O)CO3)CC1. The second kappa shape index (κ2) is 6.38. The van der Waals surface area contributed by atoms with Crippen molar-refractivity contribution in [3.8, 4) is 5.75 Å². The topological polar surface area (TPSA) is 79.0 Å². The number of carbonyl (C=O) groups excluding carboxylic acids is 3. The lowest BCUT2D eigenvalue weighted by Crippen LogP contribution is -2.53. The quantitative estimate of drug-likeness (QED) is 0.833. The fourth-order valence-electron chi connectivity index (χ4n) is 2.99. The molecular formula is C18H23N3O4. The van der Waals surface area contributed by atoms with Crippen molar-refractivity contribution in [2.24, 2.45) is 5.41 Å². The monoisotopic (exact) mass is 345 g/mol. The lowest BCUT2D eigenvalue weighted by atomic mass is 9.94. The molecule has 0 radical (unpaired) electrons. The van der Waals surface area contributed by atoms with E-state index in [-0.39, 0.29) is 24.3 Å². The van der Waals surface area contributed by atoms with Crippen LogP contribution >= 0.6 is 0 Å². The first kappa shape index (κ1) is 17.3. The summed E-state index contributed by atoms with van der Waals surface area (Å²) in [5.74, 6) is 0.335. The summed E-state index contributed by atoms with van der Waals surface area (Å²) in [6.45, 7) is 7.76. The third-order valence-corrected chi connectivity index (χ3v) is 4.36. The van der Waals surface area contributed by atoms with Gasteiger partial charge in [-0.3, -0.25) is 14.4 Å². The van der Waals surface area contributed by atoms with Crippen LogP contribution in [0, 0.1) is 5.41 Å². The Morgan fingerprint density at radius 1 is 1.08 bits per heavy atom. The lowest BCUT2D eigenvalue weighted by molar-refractivity contribution is -0.140. The molecule has 1 aromatic carbocycles. The minimum absolute atomic E-state index is 0.00986. The van der Waals surface area contributed by atoms with Crippen molar-refractivity contribution in [1.82, 2.24) is 9.80 Å². The van der Waals surface area contributed by atoms with Crippen LogP contribution in [-0.2, 0) is 9.59 Å². The predicted octanol–water partition coefficient (Wildman–Crippen LogP) is 1.35. The summed E-state index contributed by atoms with van der Waals surface area (Å²) in [6, 6.07) is 5.04. The molecule has 1 N–H and O–H groups in total. The molecule has 1 fully saturated rings. The molecule has 1 saturated heterocycles. The van der Waals surface area contributed by atoms with Crippen LogP contribution in [0.2, 0.25) is 0 Å². The van der Waals surface area contributed by atoms with Crippen molar-refractivity contribution >= 4 is 23.4 Å². The van der Waals surface area contributed by atoms with E-state index >= 15 is 0 Å². The molecule has 0 saturated carbocycles. The highest BCUT2D eigenvalue weighted by molar-refractivity contribution is 6.00. The summed E-state index contributed by atoms with van der Waals surface area (Å²) in [6.07, 6.45) is 0. The number of hydrogen-bond donors (Lipinski definition) is 1. The van der Waals surface area contributed by atoms with E-state index < -0.39 is 5.41 Å². The third-order valence-electron chi connectivity index (χ3n) is 4.36. The summed E-state index contributed by atoms with van der Waals surface area (Å²) < 4.78 is 5.31. The Labute approximate surface area is 146 Å². The van der Waals surface area contributed by atoms with Crippen LogP contribution in [0.4, 0.5) is 5.69 Å². The fourth-order valence-corrected chi connectivity index (χ4v) is 2.99. The number of nitrogens with zero attached hydrogens (tertiary/aromatic N) is 2. The van der Waals surface area contributed by atoms with Gasteiger partial charge in [-0.1, -0.05) is 20.8 Å². The largest absolute Gasteiger partial charge is 0.482 e. The molecule has 0 unspecified atom stereocenters. The molecule has 2 heterocycles. The first-order chi connectivity index (χ1) is 11.8. The first-order valence-electron chi connectivity index (χ1n) is 8.41. The van der Waals surface area contributed by atoms with Gasteiger partial charge in [-0.05, 0) is 18.2 Å². The minimum atomic E-state index is -0.414. The van der Waals surface area contributed by atoms with E-state index in [1.807, 2.05) is 25.7 Å². The Kier molecular flexibility index (Phi) is 4.41. The average Bonchev–Trinajstić information content (AvgIpc) is 2.59. The van der Waals surface area contributed by atoms with Gasteiger partial charge in [-0.15, -0.1) is 0 Å². The van der Waals surface area contributed by atoms with Crippen molar-refractivity contribution in [2.45, 2.75) is 20.8 Å². The van der Waals surface area contributed by atoms with Gasteiger partial charge in [0.2, 0.25) is 5.91 Å². The molecule has 1 aromatic rings. The Hall–Kier alpha value is -2.57. The van der Waals surface area contributed by atoms with E-state index in [2.05, 4.69) is 5.32 Å². The summed E-state index contributed by atoms with van der Waals surface area (Å²) in [5, 5.41) is 2.71. The highest BCUT2D eigenvalue weighted by Gasteiger charge is 2.31. The molecular weight excluding hydrogens is 322 g/mol. The van der Waals surface area contributed by atoms with Gasteiger partial charge in [0.25, 0.3) is 11.8 Å². The Morgan fingerprint density at radius 2 is 1.72 bits per heavy atom. The van der Waals surface area contributed by atoms with Crippen molar-refractivity contribution in [3.05, 3.63) is 23.8 Å². The Morgan fingerprint density at radius 3 is 2.36 bits per heavy atom. The van der Waals surface area contributed by atoms with Crippen LogP contribution in [0.3, 0.4) is 0 Å². The second-order valence-corrected chi connectivity index (χ2v) is 7.38. The van der Waals surface area contributed by atoms with Crippen LogP contribution in [0.5, 0.6) is 5.75 Å². The average molecular weight is 345 g/mol. The molecule has 0 atom stereocenters. The zero-order valence-corrected chi connectivity index (χ0v) is 14.8. The van der Waals surface area contributed by atoms with E-state index in [0.29, 0.717) is 43.2 Å². The summed E-state index contributed by atoms with van der Waals surface area (Å²) >= 11 is 0. The van der Waals surface area contributed by atoms with E-state index in [4.69, 9.17) is 4.74 Å². The maximum absolute atomic E-state index is 12.7. The van der Waals surface area contributed by atoms with Gasteiger partial charge < -0.3 is 19.9 Å². The molecule has 3 amide bonds. The lowest BCUT2D eigenvalue weighted by Gasteiger charge is -2.37. The Balaban J connectivity index is 1.66. The number of hydrogen-bond acceptors (Lipinski definition) is 4. The van der Waals surface area contributed by atoms with Crippen LogP contribution in [0.25, 0.3) is 0 Å². The smallest absolute Gasteiger partial charge is 0.262 e. The number of ether oxygens (including phenoxy) is 1. The molecule has 25 heavy (non-hydrogen) atoms. The summed E-state index contributed by atoms with van der Waals surface area (Å²) in [5.41, 5.74) is 0.604. The van der Waals surface area contributed by atoms with Crippen molar-refractivity contribution < 1.29 is 19.1 Å². The first-order valence-corrected chi connectivity index (χ1v) is 8.41. The summed E-state index contributed by atoms with van der Waals surface area (Å²) in [4.78, 5) is 40.0. The fraction of sp³-hybridized carbons (Fsp3) is 0.500. The molecule has 7 nitrogen and oxygen atoms in total. The number of amides is 3. The number of benzene rings is 1. The number of rotatable bonds is 1. The van der Waals surface area contributed by atoms with Crippen molar-refractivity contribution in [2.75, 3.05) is 38.1 Å². The summed E-state index contributed by atoms with van der Waals surface area (Å²) in [7, 11) is 0. The van der Waals surface area contributed by atoms with Gasteiger partial charge in [0.05, 0.1) is 5.69 Å². The number of anilines is 1. The number of piperazine rings is 1. The van der Waals surface area contributed by atoms with E-state index in [1.165, 1.54) is 0 Å². The molecule has 134 valence electrons. The van der Waals surface area contributed by atoms with Gasteiger partial charge in [0.1, 0.15) is 5.75 Å². The zero-order chi connectivity index (χ0) is 18.2. The van der Waals surface area contributed by atoms with E-state index in [0.717, 1.165) is 0 Å². The normalized spacial score (nSPS) is 17.5. The van der Waals surface area contributed by atoms with E-state index in [9.17, 15) is 14.4 Å². The van der Waals surface area contributed by atoms with E-state index in [1.54, 1.807) is 23.1 Å². The van der Waals surface area contributed by atoms with Crippen LogP contribution < -0.4 is 10.1 Å². The van der Waals surface area contributed by atoms with Gasteiger partial charge in [0, 0.05) is 37.2 Å². The molecule has 7 heteroatoms. The van der Waals surface area contributed by atoms with Crippen molar-refractivity contribution in [3.63, 3.8) is 0 Å². The minimum Gasteiger partial charge on any atom is -0.482 e. The maximum atomic E-state index is 12.7. The molecule has 0 aromatic heterocycles. The number of carbonyl (C=O) groups is 3. The number of fused-ring (bicyclic) bond motifs is 1. The molecule has 0 bridgehead atoms. The van der Waals surface area contributed by atoms with Gasteiger partial charge in [-0.2, -0.15) is 0 Å². The molecule has 0 aliphatic carbocycles. The third kappa shape index (κ3) is 3.60. The Bertz CT molecular complexity index is 716. The molecule has 2 aliphatic heterocycles. The molecule has 2 aliphatic rings.